The summed E-state index contributed by atoms with van der Waals surface area (Å²) in [4.78, 5) is 0. The lowest BCUT2D eigenvalue weighted by atomic mass is 10.2. The predicted octanol–water partition coefficient (Wildman–Crippen LogP) is 5.43. The second-order valence-corrected chi connectivity index (χ2v) is 8.00. The SMILES string of the molecule is Fc1ccc(Cn2cc(NC(=S)Nc3ccn(Cc4ccc(Cl)c(Cl)c4)n3)cn2)cc1. The van der Waals surface area contributed by atoms with Crippen LogP contribution < -0.4 is 10.6 Å². The number of rotatable bonds is 6. The molecule has 2 heterocycles. The van der Waals surface area contributed by atoms with Crippen molar-refractivity contribution in [3.05, 3.63) is 94.1 Å². The van der Waals surface area contributed by atoms with Crippen LogP contribution in [0.25, 0.3) is 0 Å². The molecule has 0 saturated heterocycles. The molecule has 0 amide bonds. The van der Waals surface area contributed by atoms with E-state index in [0.717, 1.165) is 16.8 Å². The standard InChI is InChI=1S/C21H17Cl2FN6S/c22-18-6-3-15(9-19(18)23)12-29-8-7-20(28-29)27-21(31)26-17-10-25-30(13-17)11-14-1-4-16(24)5-2-14/h1-10,13H,11-12H2,(H2,26,27,28,31). The van der Waals surface area contributed by atoms with Crippen molar-refractivity contribution >= 4 is 52.0 Å². The largest absolute Gasteiger partial charge is 0.330 e. The highest BCUT2D eigenvalue weighted by atomic mass is 35.5. The summed E-state index contributed by atoms with van der Waals surface area (Å²) in [6.45, 7) is 1.08. The maximum absolute atomic E-state index is 13.0. The minimum Gasteiger partial charge on any atom is -0.330 e. The van der Waals surface area contributed by atoms with Gasteiger partial charge in [-0.2, -0.15) is 10.2 Å². The summed E-state index contributed by atoms with van der Waals surface area (Å²) in [5, 5.41) is 16.3. The Hall–Kier alpha value is -2.94. The molecule has 0 bridgehead atoms. The summed E-state index contributed by atoms with van der Waals surface area (Å²) >= 11 is 17.4. The average molecular weight is 475 g/mol. The Morgan fingerprint density at radius 2 is 1.68 bits per heavy atom. The molecule has 2 aromatic carbocycles. The van der Waals surface area contributed by atoms with Crippen LogP contribution in [0.2, 0.25) is 10.0 Å². The summed E-state index contributed by atoms with van der Waals surface area (Å²) in [5.41, 5.74) is 2.66. The summed E-state index contributed by atoms with van der Waals surface area (Å²) in [6.07, 6.45) is 5.33. The molecule has 0 aliphatic rings. The van der Waals surface area contributed by atoms with E-state index >= 15 is 0 Å². The molecular formula is C21H17Cl2FN6S. The van der Waals surface area contributed by atoms with E-state index in [-0.39, 0.29) is 5.82 Å². The van der Waals surface area contributed by atoms with Crippen LogP contribution in [0.15, 0.2) is 67.1 Å². The Bertz CT molecular complexity index is 1200. The van der Waals surface area contributed by atoms with E-state index in [2.05, 4.69) is 20.8 Å². The molecule has 0 aliphatic heterocycles. The van der Waals surface area contributed by atoms with Crippen molar-refractivity contribution in [3.63, 3.8) is 0 Å². The molecule has 0 radical (unpaired) electrons. The zero-order valence-corrected chi connectivity index (χ0v) is 18.4. The fourth-order valence-electron chi connectivity index (χ4n) is 2.91. The maximum Gasteiger partial charge on any atom is 0.176 e. The Morgan fingerprint density at radius 1 is 0.935 bits per heavy atom. The van der Waals surface area contributed by atoms with Crippen LogP contribution in [-0.4, -0.2) is 24.7 Å². The molecule has 2 N–H and O–H groups in total. The highest BCUT2D eigenvalue weighted by Gasteiger charge is 2.06. The maximum atomic E-state index is 13.0. The monoisotopic (exact) mass is 474 g/mol. The van der Waals surface area contributed by atoms with Gasteiger partial charge in [0.05, 0.1) is 35.0 Å². The van der Waals surface area contributed by atoms with E-state index < -0.39 is 0 Å². The van der Waals surface area contributed by atoms with Gasteiger partial charge in [0.2, 0.25) is 0 Å². The molecule has 0 unspecified atom stereocenters. The highest BCUT2D eigenvalue weighted by molar-refractivity contribution is 7.80. The van der Waals surface area contributed by atoms with Crippen LogP contribution in [0.4, 0.5) is 15.9 Å². The van der Waals surface area contributed by atoms with Crippen LogP contribution in [0, 0.1) is 5.82 Å². The van der Waals surface area contributed by atoms with Crippen LogP contribution >= 0.6 is 35.4 Å². The number of nitrogens with one attached hydrogen (secondary N) is 2. The number of anilines is 2. The third kappa shape index (κ3) is 5.81. The van der Waals surface area contributed by atoms with E-state index in [1.54, 1.807) is 33.8 Å². The molecule has 0 fully saturated rings. The number of aromatic nitrogens is 4. The highest BCUT2D eigenvalue weighted by Crippen LogP contribution is 2.23. The van der Waals surface area contributed by atoms with Crippen molar-refractivity contribution in [1.29, 1.82) is 0 Å². The molecular weight excluding hydrogens is 458 g/mol. The van der Waals surface area contributed by atoms with Gasteiger partial charge in [-0.25, -0.2) is 4.39 Å². The Balaban J connectivity index is 1.31. The van der Waals surface area contributed by atoms with Gasteiger partial charge in [-0.15, -0.1) is 0 Å². The molecule has 2 aromatic heterocycles. The normalized spacial score (nSPS) is 10.8. The van der Waals surface area contributed by atoms with Crippen molar-refractivity contribution in [1.82, 2.24) is 19.6 Å². The zero-order chi connectivity index (χ0) is 21.8. The third-order valence-corrected chi connectivity index (χ3v) is 5.30. The van der Waals surface area contributed by atoms with Crippen molar-refractivity contribution < 1.29 is 4.39 Å². The molecule has 0 saturated carbocycles. The second-order valence-electron chi connectivity index (χ2n) is 6.78. The molecule has 31 heavy (non-hydrogen) atoms. The van der Waals surface area contributed by atoms with Crippen molar-refractivity contribution in [3.8, 4) is 0 Å². The van der Waals surface area contributed by atoms with E-state index in [4.69, 9.17) is 35.4 Å². The fourth-order valence-corrected chi connectivity index (χ4v) is 3.45. The fraction of sp³-hybridized carbons (Fsp3) is 0.0952. The lowest BCUT2D eigenvalue weighted by molar-refractivity contribution is 0.624. The molecule has 6 nitrogen and oxygen atoms in total. The van der Waals surface area contributed by atoms with Crippen molar-refractivity contribution in [2.75, 3.05) is 10.6 Å². The van der Waals surface area contributed by atoms with Crippen LogP contribution in [-0.2, 0) is 13.1 Å². The van der Waals surface area contributed by atoms with Gasteiger partial charge in [-0.1, -0.05) is 41.4 Å². The minimum atomic E-state index is -0.262. The molecule has 4 aromatic rings. The molecule has 4 rings (SSSR count). The Labute approximate surface area is 193 Å². The molecule has 158 valence electrons. The van der Waals surface area contributed by atoms with Gasteiger partial charge in [-0.05, 0) is 47.6 Å². The zero-order valence-electron chi connectivity index (χ0n) is 16.1. The Morgan fingerprint density at radius 3 is 2.45 bits per heavy atom. The predicted molar refractivity (Wildman–Crippen MR) is 125 cm³/mol. The number of benzene rings is 2. The minimum absolute atomic E-state index is 0.262. The average Bonchev–Trinajstić information content (AvgIpc) is 3.36. The van der Waals surface area contributed by atoms with Crippen LogP contribution in [0.1, 0.15) is 11.1 Å². The summed E-state index contributed by atoms with van der Waals surface area (Å²) < 4.78 is 16.5. The first kappa shape index (κ1) is 21.3. The van der Waals surface area contributed by atoms with E-state index in [9.17, 15) is 4.39 Å². The lowest BCUT2D eigenvalue weighted by Crippen LogP contribution is -2.19. The first-order valence-electron chi connectivity index (χ1n) is 9.27. The van der Waals surface area contributed by atoms with Crippen LogP contribution in [0.3, 0.4) is 0 Å². The van der Waals surface area contributed by atoms with E-state index in [0.29, 0.717) is 34.1 Å². The first-order valence-corrected chi connectivity index (χ1v) is 10.4. The van der Waals surface area contributed by atoms with Gasteiger partial charge in [-0.3, -0.25) is 9.36 Å². The van der Waals surface area contributed by atoms with Gasteiger partial charge in [0, 0.05) is 18.5 Å². The summed E-state index contributed by atoms with van der Waals surface area (Å²) in [7, 11) is 0. The number of thiocarbonyl (C=S) groups is 1. The van der Waals surface area contributed by atoms with Crippen LogP contribution in [0.5, 0.6) is 0 Å². The third-order valence-electron chi connectivity index (χ3n) is 4.36. The summed E-state index contributed by atoms with van der Waals surface area (Å²) in [6, 6.07) is 13.6. The second kappa shape index (κ2) is 9.47. The Kier molecular flexibility index (Phi) is 6.50. The quantitative estimate of drug-likeness (QED) is 0.364. The lowest BCUT2D eigenvalue weighted by Gasteiger charge is -2.07. The van der Waals surface area contributed by atoms with Gasteiger partial charge < -0.3 is 10.6 Å². The van der Waals surface area contributed by atoms with Gasteiger partial charge in [0.25, 0.3) is 0 Å². The summed E-state index contributed by atoms with van der Waals surface area (Å²) in [5.74, 6) is 0.346. The molecule has 0 spiro atoms. The van der Waals surface area contributed by atoms with Gasteiger partial charge >= 0.3 is 0 Å². The van der Waals surface area contributed by atoms with Crippen molar-refractivity contribution in [2.45, 2.75) is 13.1 Å². The first-order chi connectivity index (χ1) is 14.9. The number of halogens is 3. The molecule has 10 heteroatoms. The van der Waals surface area contributed by atoms with Gasteiger partial charge in [0.1, 0.15) is 5.82 Å². The number of nitrogens with zero attached hydrogens (tertiary/aromatic N) is 4. The molecule has 0 aliphatic carbocycles. The smallest absolute Gasteiger partial charge is 0.176 e. The topological polar surface area (TPSA) is 59.7 Å². The van der Waals surface area contributed by atoms with E-state index in [1.807, 2.05) is 30.6 Å². The number of hydrogen-bond donors (Lipinski definition) is 2. The van der Waals surface area contributed by atoms with Crippen molar-refractivity contribution in [2.24, 2.45) is 0 Å². The number of hydrogen-bond acceptors (Lipinski definition) is 3. The van der Waals surface area contributed by atoms with E-state index in [1.165, 1.54) is 12.1 Å². The van der Waals surface area contributed by atoms with Gasteiger partial charge in [0.15, 0.2) is 10.9 Å². The molecule has 0 atom stereocenters.